The Hall–Kier alpha value is -2.74. The van der Waals surface area contributed by atoms with Gasteiger partial charge in [-0.3, -0.25) is 4.79 Å². The van der Waals surface area contributed by atoms with E-state index in [2.05, 4.69) is 53.7 Å². The average Bonchev–Trinajstić information content (AvgIpc) is 3.07. The molecule has 2 aromatic carbocycles. The van der Waals surface area contributed by atoms with Crippen LogP contribution in [-0.2, 0) is 10.2 Å². The number of tetrazole rings is 1. The molecule has 1 amide bonds. The van der Waals surface area contributed by atoms with Crippen LogP contribution in [0.3, 0.4) is 0 Å². The van der Waals surface area contributed by atoms with Gasteiger partial charge in [0.15, 0.2) is 5.82 Å². The lowest BCUT2D eigenvalue weighted by Crippen LogP contribution is -2.15. The van der Waals surface area contributed by atoms with Gasteiger partial charge in [0.25, 0.3) is 0 Å². The molecule has 0 aliphatic rings. The number of carbonyl (C=O) groups is 1. The summed E-state index contributed by atoms with van der Waals surface area (Å²) in [5, 5.41) is 13.9. The molecule has 0 aliphatic carbocycles. The summed E-state index contributed by atoms with van der Waals surface area (Å²) in [5.74, 6) is -0.0440. The second-order valence-corrected chi connectivity index (χ2v) is 8.46. The van der Waals surface area contributed by atoms with Gasteiger partial charge in [0, 0.05) is 4.90 Å². The Balaban J connectivity index is 1.64. The Morgan fingerprint density at radius 1 is 1.18 bits per heavy atom. The van der Waals surface area contributed by atoms with Crippen LogP contribution in [0.1, 0.15) is 32.2 Å². The van der Waals surface area contributed by atoms with Crippen LogP contribution in [-0.4, -0.2) is 31.9 Å². The first-order valence-electron chi connectivity index (χ1n) is 8.82. The van der Waals surface area contributed by atoms with Crippen molar-refractivity contribution >= 4 is 23.4 Å². The maximum absolute atomic E-state index is 14.1. The summed E-state index contributed by atoms with van der Waals surface area (Å²) in [5.41, 5.74) is 1.99. The van der Waals surface area contributed by atoms with Crippen LogP contribution in [0.25, 0.3) is 5.69 Å². The number of aromatic nitrogens is 4. The van der Waals surface area contributed by atoms with Crippen molar-refractivity contribution in [2.45, 2.75) is 38.0 Å². The highest BCUT2D eigenvalue weighted by atomic mass is 32.2. The molecule has 0 saturated heterocycles. The average molecular weight is 399 g/mol. The van der Waals surface area contributed by atoms with E-state index in [9.17, 15) is 9.18 Å². The number of amides is 1. The summed E-state index contributed by atoms with van der Waals surface area (Å²) in [4.78, 5) is 13.3. The van der Waals surface area contributed by atoms with Gasteiger partial charge in [0.1, 0.15) is 5.82 Å². The zero-order valence-corrected chi connectivity index (χ0v) is 17.0. The minimum absolute atomic E-state index is 0.0844. The first-order valence-corrected chi connectivity index (χ1v) is 9.81. The molecule has 1 N–H and O–H groups in total. The van der Waals surface area contributed by atoms with Crippen molar-refractivity contribution in [1.82, 2.24) is 20.2 Å². The maximum atomic E-state index is 14.1. The number of rotatable bonds is 5. The molecule has 0 aliphatic heterocycles. The maximum Gasteiger partial charge on any atom is 0.234 e. The van der Waals surface area contributed by atoms with E-state index in [1.165, 1.54) is 34.1 Å². The number of nitrogens with one attached hydrogen (secondary N) is 1. The first kappa shape index (κ1) is 20.0. The summed E-state index contributed by atoms with van der Waals surface area (Å²) in [6, 6.07) is 12.5. The number of hydrogen-bond donors (Lipinski definition) is 1. The standard InChI is InChI=1S/C20H22FN5OS/c1-13-23-24-25-26(13)15-7-10-17(21)18(11-15)22-19(27)12-28-16-8-5-14(6-9-16)20(2,3)4/h5-11H,12H2,1-4H3,(H,22,27). The number of thioether (sulfide) groups is 1. The minimum Gasteiger partial charge on any atom is -0.323 e. The molecule has 0 spiro atoms. The van der Waals surface area contributed by atoms with Crippen LogP contribution >= 0.6 is 11.8 Å². The molecule has 3 aromatic rings. The van der Waals surface area contributed by atoms with Crippen molar-refractivity contribution in [2.24, 2.45) is 0 Å². The van der Waals surface area contributed by atoms with Gasteiger partial charge in [-0.25, -0.2) is 4.39 Å². The second kappa shape index (κ2) is 8.10. The Labute approximate surface area is 167 Å². The fraction of sp³-hybridized carbons (Fsp3) is 0.300. The Morgan fingerprint density at radius 3 is 2.50 bits per heavy atom. The molecule has 1 aromatic heterocycles. The Bertz CT molecular complexity index is 979. The smallest absolute Gasteiger partial charge is 0.234 e. The van der Waals surface area contributed by atoms with Gasteiger partial charge in [0.05, 0.1) is 17.1 Å². The topological polar surface area (TPSA) is 72.7 Å². The highest BCUT2D eigenvalue weighted by Crippen LogP contribution is 2.26. The molecular weight excluding hydrogens is 377 g/mol. The third-order valence-electron chi connectivity index (χ3n) is 4.18. The van der Waals surface area contributed by atoms with E-state index in [1.54, 1.807) is 13.0 Å². The highest BCUT2D eigenvalue weighted by Gasteiger charge is 2.14. The van der Waals surface area contributed by atoms with E-state index in [0.717, 1.165) is 4.90 Å². The Kier molecular flexibility index (Phi) is 5.79. The van der Waals surface area contributed by atoms with Crippen LogP contribution in [0.2, 0.25) is 0 Å². The molecule has 28 heavy (non-hydrogen) atoms. The number of aryl methyl sites for hydroxylation is 1. The molecule has 0 bridgehead atoms. The number of nitrogens with zero attached hydrogens (tertiary/aromatic N) is 4. The van der Waals surface area contributed by atoms with Crippen molar-refractivity contribution in [3.05, 3.63) is 59.7 Å². The lowest BCUT2D eigenvalue weighted by molar-refractivity contribution is -0.113. The molecule has 8 heteroatoms. The molecule has 6 nitrogen and oxygen atoms in total. The summed E-state index contributed by atoms with van der Waals surface area (Å²) in [7, 11) is 0. The molecule has 0 saturated carbocycles. The van der Waals surface area contributed by atoms with Crippen molar-refractivity contribution in [2.75, 3.05) is 11.1 Å². The number of benzene rings is 2. The molecule has 0 fully saturated rings. The predicted octanol–water partition coefficient (Wildman–Crippen LogP) is 4.14. The molecule has 0 radical (unpaired) electrons. The predicted molar refractivity (Wildman–Crippen MR) is 108 cm³/mol. The van der Waals surface area contributed by atoms with Crippen LogP contribution in [0.15, 0.2) is 47.4 Å². The zero-order chi connectivity index (χ0) is 20.3. The van der Waals surface area contributed by atoms with Crippen molar-refractivity contribution in [1.29, 1.82) is 0 Å². The van der Waals surface area contributed by atoms with Crippen molar-refractivity contribution in [3.8, 4) is 5.69 Å². The normalized spacial score (nSPS) is 11.5. The van der Waals surface area contributed by atoms with Gasteiger partial charge in [-0.1, -0.05) is 32.9 Å². The summed E-state index contributed by atoms with van der Waals surface area (Å²) in [6.07, 6.45) is 0. The van der Waals surface area contributed by atoms with Crippen LogP contribution < -0.4 is 5.32 Å². The summed E-state index contributed by atoms with van der Waals surface area (Å²) >= 11 is 1.41. The quantitative estimate of drug-likeness (QED) is 0.653. The minimum atomic E-state index is -0.512. The number of carbonyl (C=O) groups excluding carboxylic acids is 1. The molecule has 0 unspecified atom stereocenters. The van der Waals surface area contributed by atoms with E-state index < -0.39 is 5.82 Å². The summed E-state index contributed by atoms with van der Waals surface area (Å²) < 4.78 is 15.6. The lowest BCUT2D eigenvalue weighted by atomic mass is 9.87. The van der Waals surface area contributed by atoms with E-state index in [-0.39, 0.29) is 22.8 Å². The van der Waals surface area contributed by atoms with Crippen molar-refractivity contribution < 1.29 is 9.18 Å². The molecular formula is C20H22FN5OS. The van der Waals surface area contributed by atoms with Gasteiger partial charge in [-0.15, -0.1) is 16.9 Å². The molecule has 0 atom stereocenters. The van der Waals surface area contributed by atoms with Crippen molar-refractivity contribution in [3.63, 3.8) is 0 Å². The van der Waals surface area contributed by atoms with Gasteiger partial charge in [0.2, 0.25) is 5.91 Å². The largest absolute Gasteiger partial charge is 0.323 e. The van der Waals surface area contributed by atoms with Crippen LogP contribution in [0.4, 0.5) is 10.1 Å². The molecule has 146 valence electrons. The SMILES string of the molecule is Cc1nnnn1-c1ccc(F)c(NC(=O)CSc2ccc(C(C)(C)C)cc2)c1. The van der Waals surface area contributed by atoms with Gasteiger partial charge < -0.3 is 5.32 Å². The third-order valence-corrected chi connectivity index (χ3v) is 5.20. The van der Waals surface area contributed by atoms with Gasteiger partial charge in [-0.05, 0) is 58.7 Å². The van der Waals surface area contributed by atoms with Gasteiger partial charge >= 0.3 is 0 Å². The molecule has 3 rings (SSSR count). The third kappa shape index (κ3) is 4.75. The van der Waals surface area contributed by atoms with E-state index >= 15 is 0 Å². The summed E-state index contributed by atoms with van der Waals surface area (Å²) in [6.45, 7) is 8.20. The first-order chi connectivity index (χ1) is 13.2. The van der Waals surface area contributed by atoms with Crippen LogP contribution in [0.5, 0.6) is 0 Å². The van der Waals surface area contributed by atoms with E-state index in [4.69, 9.17) is 0 Å². The van der Waals surface area contributed by atoms with E-state index in [1.807, 2.05) is 12.1 Å². The lowest BCUT2D eigenvalue weighted by Gasteiger charge is -2.19. The highest BCUT2D eigenvalue weighted by molar-refractivity contribution is 8.00. The number of halogens is 1. The van der Waals surface area contributed by atoms with Crippen LogP contribution in [0, 0.1) is 12.7 Å². The zero-order valence-electron chi connectivity index (χ0n) is 16.2. The fourth-order valence-electron chi connectivity index (χ4n) is 2.60. The Morgan fingerprint density at radius 2 is 1.89 bits per heavy atom. The second-order valence-electron chi connectivity index (χ2n) is 7.41. The molecule has 1 heterocycles. The van der Waals surface area contributed by atoms with Gasteiger partial charge in [-0.2, -0.15) is 4.68 Å². The number of hydrogen-bond acceptors (Lipinski definition) is 5. The monoisotopic (exact) mass is 399 g/mol. The van der Waals surface area contributed by atoms with E-state index in [0.29, 0.717) is 11.5 Å². The number of anilines is 1. The fourth-order valence-corrected chi connectivity index (χ4v) is 3.30.